The lowest BCUT2D eigenvalue weighted by Crippen LogP contribution is -2.61. The minimum absolute atomic E-state index is 0.00511. The molecule has 135 heavy (non-hydrogen) atoms. The third kappa shape index (κ3) is 42.2. The van der Waals surface area contributed by atoms with Crippen LogP contribution in [0.15, 0.2) is 42.9 Å². The number of aromatic nitrogens is 2. The molecular formula is C87H143N23O23S2. The van der Waals surface area contributed by atoms with Crippen LogP contribution in [0, 0.1) is 35.5 Å². The van der Waals surface area contributed by atoms with E-state index in [2.05, 4.69) is 129 Å². The molecular weight excluding hydrogens is 1800 g/mol. The van der Waals surface area contributed by atoms with E-state index in [-0.39, 0.29) is 43.3 Å². The number of H-pyrrole nitrogens is 1. The highest BCUT2D eigenvalue weighted by molar-refractivity contribution is 7.98. The molecule has 20 amide bonds. The smallest absolute Gasteiger partial charge is 0.325 e. The largest absolute Gasteiger partial charge is 0.480 e. The second-order valence-electron chi connectivity index (χ2n) is 35.5. The van der Waals surface area contributed by atoms with Crippen LogP contribution >= 0.6 is 24.4 Å². The van der Waals surface area contributed by atoms with Gasteiger partial charge in [0.15, 0.2) is 0 Å². The molecule has 1 heterocycles. The van der Waals surface area contributed by atoms with Gasteiger partial charge in [-0.25, -0.2) is 4.98 Å². The lowest BCUT2D eigenvalue weighted by atomic mass is 10.00. The molecule has 1 aromatic heterocycles. The minimum Gasteiger partial charge on any atom is -0.480 e. The Morgan fingerprint density at radius 1 is 0.356 bits per heavy atom. The van der Waals surface area contributed by atoms with Crippen LogP contribution in [0.1, 0.15) is 176 Å². The van der Waals surface area contributed by atoms with Crippen LogP contribution in [0.4, 0.5) is 0 Å². The first-order valence-electron chi connectivity index (χ1n) is 44.7. The van der Waals surface area contributed by atoms with Crippen LogP contribution in [-0.4, -0.2) is 296 Å². The molecule has 0 radical (unpaired) electrons. The standard InChI is InChI=1S/C87H143N23O23S2/c1-39(2)30-57(101-69(114)45(13)92-63(112)35-90-76(121)56(88)28-29-135-22)77(122)95-51(19)75(120)109-67(44(11)12)86(131)104-59(32-54-26-24-23-25-27-54)79(124)96-52(20)74(119)108-65(42(7)8)84(129)99-49(17)72(117)106-62(37-134)82(127)103-58(31-40(3)4)78(123)94-46(14)68(113)93-50(18)73(118)107-64(41(5)6)83(128)98-48(16)71(116)105-61(36-111)81(126)110-66(43(9)10)85(130)97-47(15)70(115)102-60(33-55-34-89-38-91-55)80(125)100-53(21)87(132)133/h23-27,34,38-53,56-62,64-67,111,134H,28-33,35-37,88H2,1-22H3,(H,89,91)(H,90,121)(H,92,112)(H,93,113)(H,94,123)(H,95,122)(H,96,124)(H,97,130)(H,98,128)(H,99,129)(H,100,125)(H,101,114)(H,102,115)(H,103,127)(H,104,131)(H,105,116)(H,106,117)(H,107,118)(H,108,119)(H,109,120)(H,110,126)(H,132,133)/t45-,46-,47-,48-,49-,50-,51-,52-,53-,56-,57-,58-,59-,60-,61-,62-,64-,65-,66-,67-/m0/s1. The molecule has 0 unspecified atom stereocenters. The van der Waals surface area contributed by atoms with Crippen molar-refractivity contribution in [3.8, 4) is 0 Å². The van der Waals surface area contributed by atoms with Gasteiger partial charge in [-0.15, -0.1) is 0 Å². The van der Waals surface area contributed by atoms with Crippen molar-refractivity contribution < 1.29 is 111 Å². The van der Waals surface area contributed by atoms with Crippen molar-refractivity contribution in [2.45, 2.75) is 298 Å². The zero-order chi connectivity index (χ0) is 103. The van der Waals surface area contributed by atoms with Gasteiger partial charge in [-0.1, -0.05) is 113 Å². The Kier molecular flexibility index (Phi) is 51.9. The van der Waals surface area contributed by atoms with Crippen LogP contribution in [0.3, 0.4) is 0 Å². The number of amides is 20. The molecule has 0 spiro atoms. The SMILES string of the molecule is CSCC[C@H](N)C(=O)NCC(=O)N[C@@H](C)C(=O)N[C@@H](CC(C)C)C(=O)N[C@@H](C)C(=O)N[C@H](C(=O)N[C@@H](Cc1ccccc1)C(=O)N[C@@H](C)C(=O)N[C@H](C(=O)N[C@@H](C)C(=O)N[C@@H](CS)C(=O)N[C@@H](CC(C)C)C(=O)N[C@@H](C)C(=O)N[C@@H](C)C(=O)N[C@H](C(=O)N[C@@H](C)C(=O)N[C@@H](CO)C(=O)N[C@H](C(=O)N[C@@H](C)C(=O)N[C@@H](Cc1cnc[nH]1)C(=O)N[C@@H](C)C(=O)O)C(C)C)C(C)C)C(C)C)C(C)C. The highest BCUT2D eigenvalue weighted by atomic mass is 32.2. The van der Waals surface area contributed by atoms with Gasteiger partial charge >= 0.3 is 5.97 Å². The van der Waals surface area contributed by atoms with Crippen molar-refractivity contribution in [3.05, 3.63) is 54.1 Å². The molecule has 2 rings (SSSR count). The van der Waals surface area contributed by atoms with Gasteiger partial charge in [0.05, 0.1) is 25.5 Å². The molecule has 0 aliphatic carbocycles. The predicted molar refractivity (Wildman–Crippen MR) is 501 cm³/mol. The maximum Gasteiger partial charge on any atom is 0.325 e. The van der Waals surface area contributed by atoms with Crippen molar-refractivity contribution in [2.24, 2.45) is 41.2 Å². The maximum absolute atomic E-state index is 14.3. The highest BCUT2D eigenvalue weighted by Gasteiger charge is 2.40. The van der Waals surface area contributed by atoms with Crippen molar-refractivity contribution in [1.29, 1.82) is 0 Å². The van der Waals surface area contributed by atoms with Crippen molar-refractivity contribution in [1.82, 2.24) is 116 Å². The number of benzene rings is 1. The van der Waals surface area contributed by atoms with E-state index in [0.29, 0.717) is 23.4 Å². The number of imidazole rings is 1. The number of hydrogen-bond donors (Lipinski definition) is 25. The summed E-state index contributed by atoms with van der Waals surface area (Å²) in [6.07, 6.45) is 4.79. The average molecular weight is 1940 g/mol. The van der Waals surface area contributed by atoms with Crippen molar-refractivity contribution in [3.63, 3.8) is 0 Å². The average Bonchev–Trinajstić information content (AvgIpc) is 1.43. The maximum atomic E-state index is 14.3. The number of carbonyl (C=O) groups excluding carboxylic acids is 20. The Morgan fingerprint density at radius 2 is 0.644 bits per heavy atom. The van der Waals surface area contributed by atoms with Crippen LogP contribution in [0.5, 0.6) is 0 Å². The topological polar surface area (TPSA) is 694 Å². The number of nitrogens with two attached hydrogens (primary N) is 1. The van der Waals surface area contributed by atoms with E-state index in [0.717, 1.165) is 0 Å². The van der Waals surface area contributed by atoms with Gasteiger partial charge in [0, 0.05) is 30.5 Å². The molecule has 0 aliphatic heterocycles. The number of nitrogens with one attached hydrogen (secondary N) is 21. The van der Waals surface area contributed by atoms with Gasteiger partial charge in [0.1, 0.15) is 115 Å². The monoisotopic (exact) mass is 1940 g/mol. The Balaban J connectivity index is 2.11. The van der Waals surface area contributed by atoms with E-state index < -0.39 is 282 Å². The number of aliphatic hydroxyl groups is 1. The number of thioether (sulfide) groups is 1. The first kappa shape index (κ1) is 119. The molecule has 1 aromatic carbocycles. The third-order valence-corrected chi connectivity index (χ3v) is 22.0. The van der Waals surface area contributed by atoms with Gasteiger partial charge in [0.2, 0.25) is 118 Å². The number of aliphatic hydroxyl groups excluding tert-OH is 1. The number of carboxylic acids is 1. The van der Waals surface area contributed by atoms with E-state index in [1.807, 2.05) is 6.26 Å². The van der Waals surface area contributed by atoms with Gasteiger partial charge in [-0.3, -0.25) is 101 Å². The van der Waals surface area contributed by atoms with Gasteiger partial charge < -0.3 is 127 Å². The van der Waals surface area contributed by atoms with Crippen LogP contribution in [0.25, 0.3) is 0 Å². The number of carbonyl (C=O) groups is 21. The lowest BCUT2D eigenvalue weighted by Gasteiger charge is -2.28. The summed E-state index contributed by atoms with van der Waals surface area (Å²) < 4.78 is 0. The summed E-state index contributed by atoms with van der Waals surface area (Å²) in [7, 11) is 0. The van der Waals surface area contributed by atoms with Crippen molar-refractivity contribution >= 4 is 149 Å². The van der Waals surface area contributed by atoms with Crippen LogP contribution in [0.2, 0.25) is 0 Å². The summed E-state index contributed by atoms with van der Waals surface area (Å²) in [5.41, 5.74) is 6.86. The Labute approximate surface area is 796 Å². The van der Waals surface area contributed by atoms with E-state index in [1.54, 1.807) is 113 Å². The van der Waals surface area contributed by atoms with E-state index in [9.17, 15) is 111 Å². The fourth-order valence-corrected chi connectivity index (χ4v) is 13.4. The summed E-state index contributed by atoms with van der Waals surface area (Å²) in [5.74, 6) is -21.1. The minimum atomic E-state index is -1.71. The summed E-state index contributed by atoms with van der Waals surface area (Å²) in [5, 5.41) is 69.6. The Hall–Kier alpha value is -12.1. The van der Waals surface area contributed by atoms with E-state index >= 15 is 0 Å². The number of thiol groups is 1. The molecule has 0 bridgehead atoms. The summed E-state index contributed by atoms with van der Waals surface area (Å²) in [6, 6.07) is -18.2. The van der Waals surface area contributed by atoms with Crippen LogP contribution < -0.4 is 112 Å². The third-order valence-electron chi connectivity index (χ3n) is 21.0. The van der Waals surface area contributed by atoms with E-state index in [1.165, 1.54) is 86.6 Å². The normalized spacial score (nSPS) is 15.8. The molecule has 25 N–H and O–H groups in total. The predicted octanol–water partition coefficient (Wildman–Crippen LogP) is -5.50. The fraction of sp³-hybridized carbons (Fsp3) is 0.655. The number of carboxylic acid groups (broad SMARTS) is 1. The first-order chi connectivity index (χ1) is 63.0. The van der Waals surface area contributed by atoms with Gasteiger partial charge in [-0.05, 0) is 135 Å². The molecule has 0 fully saturated rings. The number of rotatable bonds is 58. The molecule has 48 heteroatoms. The van der Waals surface area contributed by atoms with Gasteiger partial charge in [0.25, 0.3) is 0 Å². The molecule has 20 atom stereocenters. The lowest BCUT2D eigenvalue weighted by molar-refractivity contribution is -0.142. The molecule has 2 aromatic rings. The zero-order valence-electron chi connectivity index (χ0n) is 80.8. The molecule has 0 saturated heterocycles. The second-order valence-corrected chi connectivity index (χ2v) is 36.8. The quantitative estimate of drug-likeness (QED) is 0.0275. The first-order valence-corrected chi connectivity index (χ1v) is 46.8. The molecule has 46 nitrogen and oxygen atoms in total. The summed E-state index contributed by atoms with van der Waals surface area (Å²) in [6.45, 7) is 29.9. The summed E-state index contributed by atoms with van der Waals surface area (Å²) in [4.78, 5) is 290. The zero-order valence-corrected chi connectivity index (χ0v) is 82.5. The number of aromatic amines is 1. The fourth-order valence-electron chi connectivity index (χ4n) is 12.7. The van der Waals surface area contributed by atoms with Gasteiger partial charge in [-0.2, -0.15) is 24.4 Å². The molecule has 0 aliphatic rings. The number of hydrogen-bond acceptors (Lipinski definition) is 26. The number of aliphatic carboxylic acids is 1. The highest BCUT2D eigenvalue weighted by Crippen LogP contribution is 2.15. The summed E-state index contributed by atoms with van der Waals surface area (Å²) >= 11 is 5.77. The molecule has 0 saturated carbocycles. The van der Waals surface area contributed by atoms with Crippen molar-refractivity contribution in [2.75, 3.05) is 30.9 Å². The Bertz CT molecular complexity index is 4370. The second kappa shape index (κ2) is 58.9. The Morgan fingerprint density at radius 3 is 1.00 bits per heavy atom. The van der Waals surface area contributed by atoms with E-state index in [4.69, 9.17) is 5.73 Å². The van der Waals surface area contributed by atoms with Crippen LogP contribution in [-0.2, 0) is 114 Å². The molecule has 756 valence electrons. The number of nitrogens with zero attached hydrogens (tertiary/aromatic N) is 1.